The number of carbonyl (C=O) groups excluding carboxylic acids is 1. The van der Waals surface area contributed by atoms with E-state index < -0.39 is 0 Å². The largest absolute Gasteiger partial charge is 0.504 e. The molecule has 3 rings (SSSR count). The Labute approximate surface area is 136 Å². The lowest BCUT2D eigenvalue weighted by atomic mass is 9.90. The summed E-state index contributed by atoms with van der Waals surface area (Å²) in [4.78, 5) is 12.3. The van der Waals surface area contributed by atoms with E-state index in [4.69, 9.17) is 4.74 Å². The minimum atomic E-state index is 0.0273. The van der Waals surface area contributed by atoms with Crippen LogP contribution in [0.15, 0.2) is 23.3 Å². The van der Waals surface area contributed by atoms with Crippen LogP contribution in [-0.4, -0.2) is 23.8 Å². The lowest BCUT2D eigenvalue weighted by Gasteiger charge is -2.15. The van der Waals surface area contributed by atoms with Crippen molar-refractivity contribution in [1.82, 2.24) is 5.43 Å². The van der Waals surface area contributed by atoms with Crippen molar-refractivity contribution in [3.05, 3.63) is 23.8 Å². The normalized spacial score (nSPS) is 29.1. The molecule has 1 aromatic rings. The first kappa shape index (κ1) is 15.8. The van der Waals surface area contributed by atoms with Crippen LogP contribution in [0.3, 0.4) is 0 Å². The van der Waals surface area contributed by atoms with Crippen LogP contribution in [0.5, 0.6) is 11.5 Å². The van der Waals surface area contributed by atoms with E-state index >= 15 is 0 Å². The zero-order valence-electron chi connectivity index (χ0n) is 13.7. The fourth-order valence-electron chi connectivity index (χ4n) is 3.97. The number of hydrogen-bond donors (Lipinski definition) is 2. The Morgan fingerprint density at radius 2 is 2.35 bits per heavy atom. The summed E-state index contributed by atoms with van der Waals surface area (Å²) >= 11 is 0. The molecule has 0 heterocycles. The first-order valence-corrected chi connectivity index (χ1v) is 8.35. The van der Waals surface area contributed by atoms with Crippen LogP contribution in [0, 0.1) is 17.3 Å². The number of phenols is 1. The Kier molecular flexibility index (Phi) is 4.28. The van der Waals surface area contributed by atoms with Crippen molar-refractivity contribution in [1.29, 1.82) is 0 Å². The van der Waals surface area contributed by atoms with Gasteiger partial charge in [0.25, 0.3) is 0 Å². The number of carbonyl (C=O) groups is 1. The molecule has 2 aliphatic carbocycles. The third-order valence-corrected chi connectivity index (χ3v) is 5.29. The van der Waals surface area contributed by atoms with Crippen LogP contribution >= 0.6 is 0 Å². The van der Waals surface area contributed by atoms with Gasteiger partial charge in [0, 0.05) is 5.92 Å². The second-order valence-corrected chi connectivity index (χ2v) is 6.73. The van der Waals surface area contributed by atoms with Crippen LogP contribution in [0.25, 0.3) is 0 Å². The minimum absolute atomic E-state index is 0.0273. The Morgan fingerprint density at radius 3 is 3.04 bits per heavy atom. The predicted molar refractivity (Wildman–Crippen MR) is 88.6 cm³/mol. The lowest BCUT2D eigenvalue weighted by molar-refractivity contribution is -0.123. The topological polar surface area (TPSA) is 70.9 Å². The number of benzene rings is 1. The van der Waals surface area contributed by atoms with Crippen LogP contribution in [0.1, 0.15) is 45.1 Å². The number of fused-ring (bicyclic) bond motifs is 1. The Morgan fingerprint density at radius 1 is 1.52 bits per heavy atom. The molecular weight excluding hydrogens is 292 g/mol. The SMILES string of the molecule is CCOc1cc(C=NNC(=O)C2C3CCCCC32C)ccc1O. The predicted octanol–water partition coefficient (Wildman–Crippen LogP) is 3.07. The highest BCUT2D eigenvalue weighted by molar-refractivity contribution is 5.86. The van der Waals surface area contributed by atoms with E-state index in [-0.39, 0.29) is 23.0 Å². The van der Waals surface area contributed by atoms with Crippen LogP contribution in [0.4, 0.5) is 0 Å². The standard InChI is InChI=1S/C18H24N2O3/c1-3-23-15-10-12(7-8-14(15)21)11-19-20-17(22)16-13-6-4-5-9-18(13,16)2/h7-8,10-11,13,16,21H,3-6,9H2,1-2H3,(H,20,22). The number of ether oxygens (including phenoxy) is 1. The minimum Gasteiger partial charge on any atom is -0.504 e. The van der Waals surface area contributed by atoms with Crippen molar-refractivity contribution < 1.29 is 14.6 Å². The van der Waals surface area contributed by atoms with Crippen molar-refractivity contribution >= 4 is 12.1 Å². The molecule has 5 nitrogen and oxygen atoms in total. The molecule has 2 saturated carbocycles. The number of aromatic hydroxyl groups is 1. The second-order valence-electron chi connectivity index (χ2n) is 6.73. The lowest BCUT2D eigenvalue weighted by Crippen LogP contribution is -2.22. The number of amides is 1. The second kappa shape index (κ2) is 6.22. The van der Waals surface area contributed by atoms with Crippen molar-refractivity contribution in [2.45, 2.75) is 39.5 Å². The summed E-state index contributed by atoms with van der Waals surface area (Å²) in [6, 6.07) is 4.99. The quantitative estimate of drug-likeness (QED) is 0.648. The molecule has 0 aromatic heterocycles. The van der Waals surface area contributed by atoms with Crippen LogP contribution < -0.4 is 10.2 Å². The van der Waals surface area contributed by atoms with Gasteiger partial charge in [-0.1, -0.05) is 19.8 Å². The van der Waals surface area contributed by atoms with Crippen LogP contribution in [-0.2, 0) is 4.79 Å². The van der Waals surface area contributed by atoms with Gasteiger partial charge in [0.15, 0.2) is 11.5 Å². The summed E-state index contributed by atoms with van der Waals surface area (Å²) in [7, 11) is 0. The first-order chi connectivity index (χ1) is 11.1. The highest BCUT2D eigenvalue weighted by Crippen LogP contribution is 2.66. The smallest absolute Gasteiger partial charge is 0.244 e. The molecule has 0 aliphatic heterocycles. The van der Waals surface area contributed by atoms with Gasteiger partial charge in [0.05, 0.1) is 12.8 Å². The molecule has 1 amide bonds. The van der Waals surface area contributed by atoms with E-state index in [9.17, 15) is 9.90 Å². The maximum atomic E-state index is 12.3. The van der Waals surface area contributed by atoms with E-state index in [2.05, 4.69) is 17.5 Å². The molecular formula is C18H24N2O3. The zero-order valence-corrected chi connectivity index (χ0v) is 13.7. The maximum Gasteiger partial charge on any atom is 0.244 e. The van der Waals surface area contributed by atoms with E-state index in [1.165, 1.54) is 12.8 Å². The summed E-state index contributed by atoms with van der Waals surface area (Å²) in [5, 5.41) is 13.7. The van der Waals surface area contributed by atoms with Crippen LogP contribution in [0.2, 0.25) is 0 Å². The first-order valence-electron chi connectivity index (χ1n) is 8.35. The summed E-state index contributed by atoms with van der Waals surface area (Å²) in [6.07, 6.45) is 6.35. The van der Waals surface area contributed by atoms with Gasteiger partial charge in [-0.2, -0.15) is 5.10 Å². The molecule has 0 saturated heterocycles. The molecule has 23 heavy (non-hydrogen) atoms. The van der Waals surface area contributed by atoms with Crippen molar-refractivity contribution in [3.63, 3.8) is 0 Å². The van der Waals surface area contributed by atoms with Crippen molar-refractivity contribution in [2.24, 2.45) is 22.4 Å². The Bertz CT molecular complexity index is 629. The van der Waals surface area contributed by atoms with Gasteiger partial charge in [-0.3, -0.25) is 4.79 Å². The summed E-state index contributed by atoms with van der Waals surface area (Å²) in [6.45, 7) is 4.56. The number of rotatable bonds is 5. The number of nitrogens with one attached hydrogen (secondary N) is 1. The average molecular weight is 316 g/mol. The van der Waals surface area contributed by atoms with Gasteiger partial charge in [-0.05, 0) is 54.9 Å². The number of nitrogens with zero attached hydrogens (tertiary/aromatic N) is 1. The molecule has 3 unspecified atom stereocenters. The zero-order chi connectivity index (χ0) is 16.4. The van der Waals surface area contributed by atoms with E-state index in [1.54, 1.807) is 24.4 Å². The average Bonchev–Trinajstić information content (AvgIpc) is 3.16. The van der Waals surface area contributed by atoms with Crippen molar-refractivity contribution in [3.8, 4) is 11.5 Å². The third kappa shape index (κ3) is 3.05. The Hall–Kier alpha value is -2.04. The molecule has 2 N–H and O–H groups in total. The molecule has 1 aromatic carbocycles. The molecule has 124 valence electrons. The summed E-state index contributed by atoms with van der Waals surface area (Å²) in [5.74, 6) is 1.19. The van der Waals surface area contributed by atoms with Gasteiger partial charge in [0.1, 0.15) is 0 Å². The van der Waals surface area contributed by atoms with Gasteiger partial charge >= 0.3 is 0 Å². The molecule has 2 aliphatic rings. The summed E-state index contributed by atoms with van der Waals surface area (Å²) < 4.78 is 5.33. The molecule has 0 bridgehead atoms. The molecule has 0 spiro atoms. The highest BCUT2D eigenvalue weighted by Gasteiger charge is 2.64. The maximum absolute atomic E-state index is 12.3. The molecule has 5 heteroatoms. The molecule has 2 fully saturated rings. The van der Waals surface area contributed by atoms with Crippen molar-refractivity contribution in [2.75, 3.05) is 6.61 Å². The molecule has 3 atom stereocenters. The van der Waals surface area contributed by atoms with E-state index in [0.29, 0.717) is 18.3 Å². The van der Waals surface area contributed by atoms with Gasteiger partial charge in [-0.15, -0.1) is 0 Å². The Balaban J connectivity index is 1.59. The number of phenolic OH excluding ortho intramolecular Hbond substituents is 1. The number of hydrogen-bond acceptors (Lipinski definition) is 4. The monoisotopic (exact) mass is 316 g/mol. The van der Waals surface area contributed by atoms with E-state index in [0.717, 1.165) is 18.4 Å². The van der Waals surface area contributed by atoms with Gasteiger partial charge in [-0.25, -0.2) is 5.43 Å². The number of hydrazone groups is 1. The highest BCUT2D eigenvalue weighted by atomic mass is 16.5. The fourth-order valence-corrected chi connectivity index (χ4v) is 3.97. The van der Waals surface area contributed by atoms with Gasteiger partial charge < -0.3 is 9.84 Å². The third-order valence-electron chi connectivity index (χ3n) is 5.29. The molecule has 0 radical (unpaired) electrons. The van der Waals surface area contributed by atoms with Gasteiger partial charge in [0.2, 0.25) is 5.91 Å². The van der Waals surface area contributed by atoms with E-state index in [1.807, 2.05) is 6.92 Å². The fraction of sp³-hybridized carbons (Fsp3) is 0.556. The summed E-state index contributed by atoms with van der Waals surface area (Å²) in [5.41, 5.74) is 3.63.